The Morgan fingerprint density at radius 2 is 1.57 bits per heavy atom. The number of carbonyl (C=O) groups excluding carboxylic acids is 1. The van der Waals surface area contributed by atoms with Crippen LogP contribution in [-0.4, -0.2) is 15.6 Å². The van der Waals surface area contributed by atoms with E-state index in [0.29, 0.717) is 32.0 Å². The van der Waals surface area contributed by atoms with Gasteiger partial charge >= 0.3 is 0 Å². The number of rotatable bonds is 4. The molecular formula is C17H11Cl3N2O. The molecule has 0 bridgehead atoms. The zero-order chi connectivity index (χ0) is 16.4. The molecule has 0 unspecified atom stereocenters. The molecule has 0 aliphatic carbocycles. The van der Waals surface area contributed by atoms with E-state index >= 15 is 0 Å². The van der Waals surface area contributed by atoms with Crippen LogP contribution in [0.2, 0.25) is 15.1 Å². The lowest BCUT2D eigenvalue weighted by atomic mass is 10.1. The highest BCUT2D eigenvalue weighted by molar-refractivity contribution is 6.37. The number of Topliss-reactive ketones (excluding diaryl/α,β-unsaturated/α-hetero) is 1. The number of para-hydroxylation sites is 1. The van der Waals surface area contributed by atoms with Crippen molar-refractivity contribution >= 4 is 40.6 Å². The molecule has 116 valence electrons. The number of carbonyl (C=O) groups is 1. The number of ketones is 1. The van der Waals surface area contributed by atoms with Gasteiger partial charge in [0.1, 0.15) is 5.69 Å². The Labute approximate surface area is 148 Å². The summed E-state index contributed by atoms with van der Waals surface area (Å²) in [5.41, 5.74) is 1.69. The van der Waals surface area contributed by atoms with E-state index in [2.05, 4.69) is 5.10 Å². The highest BCUT2D eigenvalue weighted by Crippen LogP contribution is 2.28. The Kier molecular flexibility index (Phi) is 4.71. The summed E-state index contributed by atoms with van der Waals surface area (Å²) in [5, 5.41) is 5.80. The van der Waals surface area contributed by atoms with Crippen LogP contribution in [0.5, 0.6) is 0 Å². The minimum Gasteiger partial charge on any atom is -0.294 e. The van der Waals surface area contributed by atoms with Gasteiger partial charge in [0.2, 0.25) is 0 Å². The van der Waals surface area contributed by atoms with Crippen molar-refractivity contribution in [1.82, 2.24) is 9.78 Å². The van der Waals surface area contributed by atoms with Gasteiger partial charge in [-0.1, -0.05) is 53.0 Å². The van der Waals surface area contributed by atoms with Gasteiger partial charge < -0.3 is 0 Å². The van der Waals surface area contributed by atoms with Crippen molar-refractivity contribution in [3.05, 3.63) is 81.1 Å². The molecule has 3 nitrogen and oxygen atoms in total. The number of hydrogen-bond acceptors (Lipinski definition) is 2. The van der Waals surface area contributed by atoms with E-state index in [9.17, 15) is 4.79 Å². The molecule has 23 heavy (non-hydrogen) atoms. The summed E-state index contributed by atoms with van der Waals surface area (Å²) < 4.78 is 1.57. The molecule has 0 aliphatic rings. The van der Waals surface area contributed by atoms with Crippen LogP contribution in [0, 0.1) is 0 Å². The Morgan fingerprint density at radius 1 is 0.913 bits per heavy atom. The van der Waals surface area contributed by atoms with Crippen LogP contribution in [0.25, 0.3) is 5.69 Å². The average Bonchev–Trinajstić information content (AvgIpc) is 2.95. The van der Waals surface area contributed by atoms with Gasteiger partial charge in [-0.15, -0.1) is 0 Å². The maximum absolute atomic E-state index is 12.3. The van der Waals surface area contributed by atoms with Crippen molar-refractivity contribution in [2.24, 2.45) is 0 Å². The van der Waals surface area contributed by atoms with E-state index in [0.717, 1.165) is 0 Å². The van der Waals surface area contributed by atoms with Crippen molar-refractivity contribution in [2.45, 2.75) is 6.42 Å². The molecule has 0 atom stereocenters. The molecule has 0 amide bonds. The number of hydrogen-bond donors (Lipinski definition) is 0. The molecule has 3 rings (SSSR count). The van der Waals surface area contributed by atoms with E-state index in [1.165, 1.54) is 0 Å². The van der Waals surface area contributed by atoms with Crippen LogP contribution in [0.1, 0.15) is 16.1 Å². The SMILES string of the molecule is O=C(Cc1ccn(-c2c(Cl)cccc2Cl)n1)c1ccccc1Cl. The quantitative estimate of drug-likeness (QED) is 0.591. The molecule has 0 N–H and O–H groups in total. The highest BCUT2D eigenvalue weighted by atomic mass is 35.5. The normalized spacial score (nSPS) is 10.7. The monoisotopic (exact) mass is 364 g/mol. The Bertz CT molecular complexity index is 854. The minimum atomic E-state index is -0.0916. The zero-order valence-corrected chi connectivity index (χ0v) is 14.1. The molecular weight excluding hydrogens is 355 g/mol. The van der Waals surface area contributed by atoms with Gasteiger partial charge in [-0.3, -0.25) is 4.79 Å². The van der Waals surface area contributed by atoms with Crippen LogP contribution in [0.3, 0.4) is 0 Å². The highest BCUT2D eigenvalue weighted by Gasteiger charge is 2.14. The zero-order valence-electron chi connectivity index (χ0n) is 11.8. The molecule has 3 aromatic rings. The first-order valence-corrected chi connectivity index (χ1v) is 7.96. The third-order valence-electron chi connectivity index (χ3n) is 3.33. The van der Waals surface area contributed by atoms with Gasteiger partial charge in [0, 0.05) is 11.8 Å². The number of aromatic nitrogens is 2. The van der Waals surface area contributed by atoms with Gasteiger partial charge in [0.15, 0.2) is 5.78 Å². The van der Waals surface area contributed by atoms with Crippen LogP contribution in [0.4, 0.5) is 0 Å². The van der Waals surface area contributed by atoms with Gasteiger partial charge in [-0.2, -0.15) is 5.10 Å². The van der Waals surface area contributed by atoms with Crippen LogP contribution in [-0.2, 0) is 6.42 Å². The second-order valence-electron chi connectivity index (χ2n) is 4.90. The maximum atomic E-state index is 12.3. The maximum Gasteiger partial charge on any atom is 0.170 e. The molecule has 1 heterocycles. The van der Waals surface area contributed by atoms with E-state index in [-0.39, 0.29) is 12.2 Å². The molecule has 1 aromatic heterocycles. The predicted molar refractivity (Wildman–Crippen MR) is 93.1 cm³/mol. The average molecular weight is 366 g/mol. The summed E-state index contributed by atoms with van der Waals surface area (Å²) in [6.45, 7) is 0. The molecule has 0 saturated heterocycles. The first kappa shape index (κ1) is 16.1. The molecule has 6 heteroatoms. The summed E-state index contributed by atoms with van der Waals surface area (Å²) in [6.07, 6.45) is 1.88. The van der Waals surface area contributed by atoms with Gasteiger partial charge in [0.25, 0.3) is 0 Å². The van der Waals surface area contributed by atoms with Crippen molar-refractivity contribution in [1.29, 1.82) is 0 Å². The van der Waals surface area contributed by atoms with Crippen molar-refractivity contribution in [2.75, 3.05) is 0 Å². The fourth-order valence-corrected chi connectivity index (χ4v) is 3.05. The summed E-state index contributed by atoms with van der Waals surface area (Å²) in [5.74, 6) is -0.0916. The van der Waals surface area contributed by atoms with Crippen LogP contribution in [0.15, 0.2) is 54.7 Å². The van der Waals surface area contributed by atoms with E-state index in [1.807, 2.05) is 0 Å². The largest absolute Gasteiger partial charge is 0.294 e. The minimum absolute atomic E-state index is 0.0916. The van der Waals surface area contributed by atoms with Crippen molar-refractivity contribution in [3.63, 3.8) is 0 Å². The summed E-state index contributed by atoms with van der Waals surface area (Å²) >= 11 is 18.4. The van der Waals surface area contributed by atoms with Crippen molar-refractivity contribution < 1.29 is 4.79 Å². The fraction of sp³-hybridized carbons (Fsp3) is 0.0588. The standard InChI is InChI=1S/C17H11Cl3N2O/c18-13-5-2-1-4-12(13)16(23)10-11-8-9-22(21-11)17-14(19)6-3-7-15(17)20/h1-9H,10H2. The van der Waals surface area contributed by atoms with E-state index < -0.39 is 0 Å². The van der Waals surface area contributed by atoms with E-state index in [4.69, 9.17) is 34.8 Å². The molecule has 0 spiro atoms. The van der Waals surface area contributed by atoms with Gasteiger partial charge in [0.05, 0.1) is 27.2 Å². The molecule has 0 saturated carbocycles. The van der Waals surface area contributed by atoms with Gasteiger partial charge in [-0.05, 0) is 30.3 Å². The number of halogens is 3. The molecule has 0 radical (unpaired) electrons. The Balaban J connectivity index is 1.86. The third kappa shape index (κ3) is 3.42. The molecule has 0 fully saturated rings. The first-order valence-electron chi connectivity index (χ1n) is 6.83. The third-order valence-corrected chi connectivity index (χ3v) is 4.27. The summed E-state index contributed by atoms with van der Waals surface area (Å²) in [4.78, 5) is 12.3. The van der Waals surface area contributed by atoms with Gasteiger partial charge in [-0.25, -0.2) is 4.68 Å². The fourth-order valence-electron chi connectivity index (χ4n) is 2.24. The number of nitrogens with zero attached hydrogens (tertiary/aromatic N) is 2. The smallest absolute Gasteiger partial charge is 0.170 e. The predicted octanol–water partition coefficient (Wildman–Crippen LogP) is 5.26. The molecule has 2 aromatic carbocycles. The van der Waals surface area contributed by atoms with Crippen LogP contribution < -0.4 is 0 Å². The first-order chi connectivity index (χ1) is 11.1. The van der Waals surface area contributed by atoms with Crippen molar-refractivity contribution in [3.8, 4) is 5.69 Å². The number of benzene rings is 2. The summed E-state index contributed by atoms with van der Waals surface area (Å²) in [7, 11) is 0. The second kappa shape index (κ2) is 6.75. The van der Waals surface area contributed by atoms with Crippen LogP contribution >= 0.6 is 34.8 Å². The van der Waals surface area contributed by atoms with E-state index in [1.54, 1.807) is 59.4 Å². The summed E-state index contributed by atoms with van der Waals surface area (Å²) in [6, 6.07) is 13.9. The topological polar surface area (TPSA) is 34.9 Å². The Morgan fingerprint density at radius 3 is 2.26 bits per heavy atom. The lowest BCUT2D eigenvalue weighted by Gasteiger charge is -2.06. The molecule has 0 aliphatic heterocycles. The second-order valence-corrected chi connectivity index (χ2v) is 6.12. The lowest BCUT2D eigenvalue weighted by molar-refractivity contribution is 0.0992. The lowest BCUT2D eigenvalue weighted by Crippen LogP contribution is -2.06. The Hall–Kier alpha value is -1.81.